The van der Waals surface area contributed by atoms with Crippen molar-refractivity contribution in [3.63, 3.8) is 0 Å². The fourth-order valence-corrected chi connectivity index (χ4v) is 4.45. The van der Waals surface area contributed by atoms with E-state index in [0.717, 1.165) is 0 Å². The van der Waals surface area contributed by atoms with Crippen molar-refractivity contribution in [3.8, 4) is 11.5 Å². The van der Waals surface area contributed by atoms with Gasteiger partial charge in [-0.3, -0.25) is 0 Å². The van der Waals surface area contributed by atoms with Crippen molar-refractivity contribution >= 4 is 33.2 Å². The molecule has 140 valence electrons. The molecule has 0 fully saturated rings. The summed E-state index contributed by atoms with van der Waals surface area (Å²) in [7, 11) is -3.94. The van der Waals surface area contributed by atoms with E-state index in [1.807, 2.05) is 0 Å². The molecule has 0 bridgehead atoms. The molecule has 3 rings (SSSR count). The molecule has 1 aliphatic heterocycles. The number of benzene rings is 2. The Labute approximate surface area is 161 Å². The zero-order valence-electron chi connectivity index (χ0n) is 14.0. The minimum absolute atomic E-state index is 0.0100. The lowest BCUT2D eigenvalue weighted by atomic mass is 9.96. The van der Waals surface area contributed by atoms with Gasteiger partial charge in [0, 0.05) is 11.6 Å². The lowest BCUT2D eigenvalue weighted by molar-refractivity contribution is 0.0625. The number of fused-ring (bicyclic) bond motifs is 1. The van der Waals surface area contributed by atoms with Crippen LogP contribution in [0.4, 0.5) is 0 Å². The van der Waals surface area contributed by atoms with Crippen LogP contribution in [0, 0.1) is 6.92 Å². The van der Waals surface area contributed by atoms with E-state index in [1.54, 1.807) is 25.1 Å². The van der Waals surface area contributed by atoms with Crippen LogP contribution in [-0.2, 0) is 15.6 Å². The summed E-state index contributed by atoms with van der Waals surface area (Å²) < 4.78 is 38.1. The Morgan fingerprint density at radius 3 is 2.58 bits per heavy atom. The van der Waals surface area contributed by atoms with Gasteiger partial charge in [-0.2, -0.15) is 0 Å². The number of halogens is 2. The molecule has 26 heavy (non-hydrogen) atoms. The highest BCUT2D eigenvalue weighted by Crippen LogP contribution is 2.36. The molecule has 2 aromatic carbocycles. The van der Waals surface area contributed by atoms with Crippen molar-refractivity contribution in [2.24, 2.45) is 0 Å². The van der Waals surface area contributed by atoms with Gasteiger partial charge in [-0.15, -0.1) is 0 Å². The minimum Gasteiger partial charge on any atom is -0.454 e. The van der Waals surface area contributed by atoms with Gasteiger partial charge in [0.05, 0.1) is 5.02 Å². The van der Waals surface area contributed by atoms with Crippen molar-refractivity contribution in [1.29, 1.82) is 0 Å². The van der Waals surface area contributed by atoms with E-state index in [4.69, 9.17) is 32.7 Å². The van der Waals surface area contributed by atoms with Crippen LogP contribution in [0.2, 0.25) is 10.0 Å². The average Bonchev–Trinajstić information content (AvgIpc) is 3.04. The molecule has 6 nitrogen and oxygen atoms in total. The molecule has 0 aromatic heterocycles. The monoisotopic (exact) mass is 417 g/mol. The van der Waals surface area contributed by atoms with E-state index >= 15 is 0 Å². The van der Waals surface area contributed by atoms with E-state index in [9.17, 15) is 13.5 Å². The van der Waals surface area contributed by atoms with Gasteiger partial charge < -0.3 is 14.6 Å². The Kier molecular flexibility index (Phi) is 5.11. The van der Waals surface area contributed by atoms with Crippen molar-refractivity contribution in [2.45, 2.75) is 24.3 Å². The van der Waals surface area contributed by atoms with Crippen LogP contribution in [0.15, 0.2) is 35.2 Å². The molecule has 1 heterocycles. The molecule has 2 aromatic rings. The molecule has 1 aliphatic rings. The second-order valence-corrected chi connectivity index (χ2v) is 8.75. The van der Waals surface area contributed by atoms with Crippen molar-refractivity contribution in [3.05, 3.63) is 51.5 Å². The maximum absolute atomic E-state index is 12.6. The Bertz CT molecular complexity index is 960. The molecule has 0 aliphatic carbocycles. The van der Waals surface area contributed by atoms with E-state index in [1.165, 1.54) is 19.1 Å². The van der Waals surface area contributed by atoms with Gasteiger partial charge in [0.2, 0.25) is 16.8 Å². The van der Waals surface area contributed by atoms with Gasteiger partial charge in [0.15, 0.2) is 11.5 Å². The molecule has 1 atom stereocenters. The highest BCUT2D eigenvalue weighted by molar-refractivity contribution is 7.89. The zero-order chi connectivity index (χ0) is 19.1. The van der Waals surface area contributed by atoms with Gasteiger partial charge in [0.25, 0.3) is 0 Å². The largest absolute Gasteiger partial charge is 0.454 e. The maximum atomic E-state index is 12.6. The van der Waals surface area contributed by atoms with E-state index in [0.29, 0.717) is 27.6 Å². The van der Waals surface area contributed by atoms with Crippen LogP contribution in [-0.4, -0.2) is 26.9 Å². The number of sulfonamides is 1. The molecule has 0 amide bonds. The first-order valence-corrected chi connectivity index (χ1v) is 9.92. The standard InChI is InChI=1S/C17H17Cl2NO5S/c1-10-5-16(13(19)7-12(10)18)26(22,23)20-8-17(2,21)11-3-4-14-15(6-11)25-9-24-14/h3-7,20-21H,8-9H2,1-2H3. The summed E-state index contributed by atoms with van der Waals surface area (Å²) in [6.45, 7) is 3.04. The summed E-state index contributed by atoms with van der Waals surface area (Å²) in [5.41, 5.74) is -0.399. The average molecular weight is 418 g/mol. The Morgan fingerprint density at radius 2 is 1.85 bits per heavy atom. The number of hydrogen-bond donors (Lipinski definition) is 2. The highest BCUT2D eigenvalue weighted by atomic mass is 35.5. The minimum atomic E-state index is -3.94. The molecule has 0 saturated carbocycles. The summed E-state index contributed by atoms with van der Waals surface area (Å²) in [5.74, 6) is 1.08. The van der Waals surface area contributed by atoms with Gasteiger partial charge in [0.1, 0.15) is 10.5 Å². The zero-order valence-corrected chi connectivity index (χ0v) is 16.4. The quantitative estimate of drug-likeness (QED) is 0.779. The van der Waals surface area contributed by atoms with Crippen LogP contribution >= 0.6 is 23.2 Å². The van der Waals surface area contributed by atoms with Crippen molar-refractivity contribution < 1.29 is 23.0 Å². The summed E-state index contributed by atoms with van der Waals surface area (Å²) in [6.07, 6.45) is 0. The first-order valence-electron chi connectivity index (χ1n) is 7.68. The number of nitrogens with one attached hydrogen (secondary N) is 1. The number of hydrogen-bond acceptors (Lipinski definition) is 5. The van der Waals surface area contributed by atoms with Gasteiger partial charge in [-0.05, 0) is 49.2 Å². The SMILES string of the molecule is Cc1cc(S(=O)(=O)NCC(C)(O)c2ccc3c(c2)OCO3)c(Cl)cc1Cl. The predicted octanol–water partition coefficient (Wildman–Crippen LogP) is 3.22. The van der Waals surface area contributed by atoms with Gasteiger partial charge in [-0.1, -0.05) is 29.3 Å². The van der Waals surface area contributed by atoms with Crippen LogP contribution in [0.1, 0.15) is 18.1 Å². The normalized spacial score (nSPS) is 15.7. The van der Waals surface area contributed by atoms with Crippen molar-refractivity contribution in [1.82, 2.24) is 4.72 Å². The van der Waals surface area contributed by atoms with E-state index in [2.05, 4.69) is 4.72 Å². The molecule has 0 saturated heterocycles. The third-order valence-corrected chi connectivity index (χ3v) is 6.38. The Morgan fingerprint density at radius 1 is 1.15 bits per heavy atom. The third kappa shape index (κ3) is 3.77. The van der Waals surface area contributed by atoms with Crippen molar-refractivity contribution in [2.75, 3.05) is 13.3 Å². The van der Waals surface area contributed by atoms with Crippen LogP contribution in [0.5, 0.6) is 11.5 Å². The van der Waals surface area contributed by atoms with Gasteiger partial charge >= 0.3 is 0 Å². The summed E-state index contributed by atoms with van der Waals surface area (Å²) in [6, 6.07) is 7.71. The fraction of sp³-hybridized carbons (Fsp3) is 0.294. The number of rotatable bonds is 5. The highest BCUT2D eigenvalue weighted by Gasteiger charge is 2.29. The number of ether oxygens (including phenoxy) is 2. The lowest BCUT2D eigenvalue weighted by Crippen LogP contribution is -2.38. The molecule has 0 spiro atoms. The topological polar surface area (TPSA) is 84.9 Å². The second-order valence-electron chi connectivity index (χ2n) is 6.20. The maximum Gasteiger partial charge on any atom is 0.242 e. The van der Waals surface area contributed by atoms with E-state index in [-0.39, 0.29) is 23.3 Å². The molecular weight excluding hydrogens is 401 g/mol. The van der Waals surface area contributed by atoms with Gasteiger partial charge in [-0.25, -0.2) is 13.1 Å². The Hall–Kier alpha value is -1.51. The molecule has 1 unspecified atom stereocenters. The lowest BCUT2D eigenvalue weighted by Gasteiger charge is -2.24. The predicted molar refractivity (Wildman–Crippen MR) is 98.5 cm³/mol. The second kappa shape index (κ2) is 6.90. The van der Waals surface area contributed by atoms with Crippen LogP contribution in [0.25, 0.3) is 0 Å². The number of aryl methyl sites for hydroxylation is 1. The van der Waals surface area contributed by atoms with Crippen LogP contribution < -0.4 is 14.2 Å². The fourth-order valence-electron chi connectivity index (χ4n) is 2.48. The third-order valence-electron chi connectivity index (χ3n) is 4.10. The molecule has 2 N–H and O–H groups in total. The Balaban J connectivity index is 1.81. The molecule has 0 radical (unpaired) electrons. The van der Waals surface area contributed by atoms with E-state index < -0.39 is 15.6 Å². The first-order chi connectivity index (χ1) is 12.1. The molecular formula is C17H17Cl2NO5S. The smallest absolute Gasteiger partial charge is 0.242 e. The first kappa shape index (κ1) is 19.3. The molecule has 9 heteroatoms. The summed E-state index contributed by atoms with van der Waals surface area (Å²) in [4.78, 5) is -0.0949. The summed E-state index contributed by atoms with van der Waals surface area (Å²) >= 11 is 12.0. The summed E-state index contributed by atoms with van der Waals surface area (Å²) in [5, 5.41) is 11.1. The number of aliphatic hydroxyl groups is 1. The van der Waals surface area contributed by atoms with Crippen LogP contribution in [0.3, 0.4) is 0 Å².